The average molecular weight is 327 g/mol. The quantitative estimate of drug-likeness (QED) is 0.387. The SMILES string of the molecule is N[C@H](Cc1ccccc1)C(=O)OC[C@@H]1O[C@@H](O)[C@@H](O)[C@H](O)[C@@H]1O. The standard InChI is InChI=1S/C15H21NO7/c16-9(6-8-4-2-1-3-5-8)14(20)22-7-10-11(17)12(18)13(19)15(21)23-10/h1-5,9-13,15,17-19,21H,6-7,16H2/t9-,10+,11-,12-,13+,15-/m1/s1. The Kier molecular flexibility index (Phi) is 6.05. The molecule has 0 aliphatic carbocycles. The summed E-state index contributed by atoms with van der Waals surface area (Å²) < 4.78 is 9.87. The number of aliphatic hydroxyl groups excluding tert-OH is 4. The lowest BCUT2D eigenvalue weighted by molar-refractivity contribution is -0.287. The summed E-state index contributed by atoms with van der Waals surface area (Å²) in [5.41, 5.74) is 6.63. The highest BCUT2D eigenvalue weighted by atomic mass is 16.6. The number of aliphatic hydroxyl groups is 4. The number of carbonyl (C=O) groups excluding carboxylic acids is 1. The molecule has 0 unspecified atom stereocenters. The van der Waals surface area contributed by atoms with E-state index in [0.29, 0.717) is 0 Å². The number of rotatable bonds is 5. The van der Waals surface area contributed by atoms with E-state index in [1.807, 2.05) is 30.3 Å². The molecule has 0 aromatic heterocycles. The average Bonchev–Trinajstić information content (AvgIpc) is 2.55. The van der Waals surface area contributed by atoms with Crippen LogP contribution in [-0.4, -0.2) is 69.8 Å². The first kappa shape index (κ1) is 17.8. The second-order valence-electron chi connectivity index (χ2n) is 5.46. The summed E-state index contributed by atoms with van der Waals surface area (Å²) in [6.07, 6.45) is -7.26. The van der Waals surface area contributed by atoms with Crippen molar-refractivity contribution >= 4 is 5.97 Å². The zero-order chi connectivity index (χ0) is 17.0. The molecule has 23 heavy (non-hydrogen) atoms. The predicted molar refractivity (Wildman–Crippen MR) is 78.0 cm³/mol. The Labute approximate surface area is 133 Å². The van der Waals surface area contributed by atoms with E-state index in [9.17, 15) is 25.2 Å². The van der Waals surface area contributed by atoms with Gasteiger partial charge in [-0.05, 0) is 12.0 Å². The molecular formula is C15H21NO7. The molecule has 0 saturated carbocycles. The third-order valence-electron chi connectivity index (χ3n) is 3.68. The first-order valence-electron chi connectivity index (χ1n) is 7.24. The van der Waals surface area contributed by atoms with Gasteiger partial charge in [-0.25, -0.2) is 0 Å². The van der Waals surface area contributed by atoms with Crippen LogP contribution in [0.4, 0.5) is 0 Å². The van der Waals surface area contributed by atoms with Gasteiger partial charge in [-0.3, -0.25) is 4.79 Å². The zero-order valence-electron chi connectivity index (χ0n) is 12.4. The van der Waals surface area contributed by atoms with E-state index in [-0.39, 0.29) is 6.42 Å². The second-order valence-corrected chi connectivity index (χ2v) is 5.46. The molecule has 0 spiro atoms. The molecule has 0 amide bonds. The molecule has 0 radical (unpaired) electrons. The molecule has 0 bridgehead atoms. The zero-order valence-corrected chi connectivity index (χ0v) is 12.4. The van der Waals surface area contributed by atoms with E-state index >= 15 is 0 Å². The molecule has 1 aromatic carbocycles. The van der Waals surface area contributed by atoms with E-state index in [4.69, 9.17) is 15.2 Å². The minimum Gasteiger partial charge on any atom is -0.462 e. The van der Waals surface area contributed by atoms with Gasteiger partial charge in [-0.1, -0.05) is 30.3 Å². The molecule has 1 fully saturated rings. The third kappa shape index (κ3) is 4.47. The van der Waals surface area contributed by atoms with Gasteiger partial charge < -0.3 is 35.6 Å². The van der Waals surface area contributed by atoms with Crippen LogP contribution in [0.15, 0.2) is 30.3 Å². The van der Waals surface area contributed by atoms with Crippen LogP contribution in [0.25, 0.3) is 0 Å². The highest BCUT2D eigenvalue weighted by Gasteiger charge is 2.43. The van der Waals surface area contributed by atoms with E-state index in [2.05, 4.69) is 0 Å². The van der Waals surface area contributed by atoms with Crippen molar-refractivity contribution in [2.24, 2.45) is 5.73 Å². The molecule has 6 N–H and O–H groups in total. The smallest absolute Gasteiger partial charge is 0.323 e. The van der Waals surface area contributed by atoms with Crippen LogP contribution < -0.4 is 5.73 Å². The van der Waals surface area contributed by atoms with Gasteiger partial charge in [0.1, 0.15) is 37.1 Å². The molecule has 1 aromatic rings. The maximum Gasteiger partial charge on any atom is 0.323 e. The van der Waals surface area contributed by atoms with Gasteiger partial charge >= 0.3 is 5.97 Å². The summed E-state index contributed by atoms with van der Waals surface area (Å²) in [5, 5.41) is 38.0. The minimum atomic E-state index is -1.67. The maximum absolute atomic E-state index is 11.9. The fraction of sp³-hybridized carbons (Fsp3) is 0.533. The number of esters is 1. The van der Waals surface area contributed by atoms with Crippen molar-refractivity contribution in [1.29, 1.82) is 0 Å². The molecule has 1 saturated heterocycles. The van der Waals surface area contributed by atoms with Gasteiger partial charge in [0, 0.05) is 0 Å². The van der Waals surface area contributed by atoms with Crippen LogP contribution in [0.5, 0.6) is 0 Å². The number of carbonyl (C=O) groups is 1. The largest absolute Gasteiger partial charge is 0.462 e. The molecule has 1 heterocycles. The van der Waals surface area contributed by atoms with Crippen LogP contribution in [0, 0.1) is 0 Å². The van der Waals surface area contributed by atoms with Gasteiger partial charge in [-0.15, -0.1) is 0 Å². The van der Waals surface area contributed by atoms with Crippen molar-refractivity contribution in [3.8, 4) is 0 Å². The molecule has 2 rings (SSSR count). The molecule has 128 valence electrons. The fourth-order valence-corrected chi connectivity index (χ4v) is 2.29. The summed E-state index contributed by atoms with van der Waals surface area (Å²) >= 11 is 0. The van der Waals surface area contributed by atoms with Crippen molar-refractivity contribution in [2.75, 3.05) is 6.61 Å². The lowest BCUT2D eigenvalue weighted by atomic mass is 9.99. The monoisotopic (exact) mass is 327 g/mol. The molecule has 1 aliphatic rings. The van der Waals surface area contributed by atoms with Crippen molar-refractivity contribution < 1.29 is 34.7 Å². The van der Waals surface area contributed by atoms with E-state index in [1.165, 1.54) is 0 Å². The molecule has 8 nitrogen and oxygen atoms in total. The highest BCUT2D eigenvalue weighted by Crippen LogP contribution is 2.20. The Bertz CT molecular complexity index is 512. The first-order chi connectivity index (χ1) is 10.9. The van der Waals surface area contributed by atoms with Crippen molar-refractivity contribution in [3.63, 3.8) is 0 Å². The van der Waals surface area contributed by atoms with Crippen molar-refractivity contribution in [3.05, 3.63) is 35.9 Å². The lowest BCUT2D eigenvalue weighted by Crippen LogP contribution is -2.58. The molecular weight excluding hydrogens is 306 g/mol. The number of nitrogens with two attached hydrogens (primary N) is 1. The second kappa shape index (κ2) is 7.82. The van der Waals surface area contributed by atoms with Gasteiger partial charge in [0.2, 0.25) is 0 Å². The fourth-order valence-electron chi connectivity index (χ4n) is 2.29. The Morgan fingerprint density at radius 2 is 1.78 bits per heavy atom. The predicted octanol–water partition coefficient (Wildman–Crippen LogP) is -2.10. The van der Waals surface area contributed by atoms with Gasteiger partial charge in [-0.2, -0.15) is 0 Å². The van der Waals surface area contributed by atoms with Crippen molar-refractivity contribution in [2.45, 2.75) is 43.2 Å². The molecule has 6 atom stereocenters. The Hall–Kier alpha value is -1.55. The summed E-state index contributed by atoms with van der Waals surface area (Å²) in [6, 6.07) is 8.27. The topological polar surface area (TPSA) is 142 Å². The Morgan fingerprint density at radius 3 is 2.43 bits per heavy atom. The maximum atomic E-state index is 11.9. The third-order valence-corrected chi connectivity index (χ3v) is 3.68. The Balaban J connectivity index is 1.84. The van der Waals surface area contributed by atoms with Gasteiger partial charge in [0.25, 0.3) is 0 Å². The lowest BCUT2D eigenvalue weighted by Gasteiger charge is -2.37. The first-order valence-corrected chi connectivity index (χ1v) is 7.24. The van der Waals surface area contributed by atoms with E-state index in [1.54, 1.807) is 0 Å². The summed E-state index contributed by atoms with van der Waals surface area (Å²) in [5.74, 6) is -0.695. The summed E-state index contributed by atoms with van der Waals surface area (Å²) in [6.45, 7) is -0.399. The summed E-state index contributed by atoms with van der Waals surface area (Å²) in [7, 11) is 0. The number of hydrogen-bond acceptors (Lipinski definition) is 8. The number of hydrogen-bond donors (Lipinski definition) is 5. The van der Waals surface area contributed by atoms with E-state index in [0.717, 1.165) is 5.56 Å². The van der Waals surface area contributed by atoms with Crippen LogP contribution in [0.2, 0.25) is 0 Å². The highest BCUT2D eigenvalue weighted by molar-refractivity contribution is 5.75. The van der Waals surface area contributed by atoms with Crippen LogP contribution >= 0.6 is 0 Å². The van der Waals surface area contributed by atoms with E-state index < -0.39 is 49.3 Å². The number of benzene rings is 1. The van der Waals surface area contributed by atoms with Crippen molar-refractivity contribution in [1.82, 2.24) is 0 Å². The molecule has 1 aliphatic heterocycles. The minimum absolute atomic E-state index is 0.289. The van der Waals surface area contributed by atoms with Gasteiger partial charge in [0.05, 0.1) is 0 Å². The van der Waals surface area contributed by atoms with Gasteiger partial charge in [0.15, 0.2) is 6.29 Å². The van der Waals surface area contributed by atoms with Crippen LogP contribution in [-0.2, 0) is 20.7 Å². The van der Waals surface area contributed by atoms with Crippen LogP contribution in [0.1, 0.15) is 5.56 Å². The number of ether oxygens (including phenoxy) is 2. The molecule has 8 heteroatoms. The summed E-state index contributed by atoms with van der Waals surface area (Å²) in [4.78, 5) is 11.9. The Morgan fingerprint density at radius 1 is 1.13 bits per heavy atom. The normalized spacial score (nSPS) is 32.3. The van der Waals surface area contributed by atoms with Crippen LogP contribution in [0.3, 0.4) is 0 Å².